The molecule has 7 nitrogen and oxygen atoms in total. The number of anilines is 2. The van der Waals surface area contributed by atoms with Gasteiger partial charge >= 0.3 is 0 Å². The number of carbonyl (C=O) groups is 1. The predicted molar refractivity (Wildman–Crippen MR) is 99.8 cm³/mol. The normalized spacial score (nSPS) is 17.1. The van der Waals surface area contributed by atoms with Gasteiger partial charge in [0.1, 0.15) is 23.6 Å². The Morgan fingerprint density at radius 1 is 1.15 bits per heavy atom. The van der Waals surface area contributed by atoms with Crippen molar-refractivity contribution in [2.24, 2.45) is 0 Å². The molecule has 1 N–H and O–H groups in total. The maximum atomic E-state index is 12.8. The molecule has 2 fully saturated rings. The lowest BCUT2D eigenvalue weighted by molar-refractivity contribution is 0.0740. The van der Waals surface area contributed by atoms with E-state index in [0.29, 0.717) is 24.8 Å². The lowest BCUT2D eigenvalue weighted by Gasteiger charge is -2.36. The van der Waals surface area contributed by atoms with Crippen LogP contribution in [0.3, 0.4) is 0 Å². The summed E-state index contributed by atoms with van der Waals surface area (Å²) in [5.41, 5.74) is 1.52. The molecule has 0 bridgehead atoms. The number of benzene rings is 1. The van der Waals surface area contributed by atoms with Crippen molar-refractivity contribution in [3.05, 3.63) is 42.4 Å². The summed E-state index contributed by atoms with van der Waals surface area (Å²) < 4.78 is 5.45. The van der Waals surface area contributed by atoms with Gasteiger partial charge in [-0.05, 0) is 25.0 Å². The van der Waals surface area contributed by atoms with Crippen LogP contribution >= 0.6 is 0 Å². The topological polar surface area (TPSA) is 70.6 Å². The van der Waals surface area contributed by atoms with Crippen LogP contribution in [0.4, 0.5) is 11.5 Å². The van der Waals surface area contributed by atoms with Crippen molar-refractivity contribution in [3.8, 4) is 5.75 Å². The molecule has 26 heavy (non-hydrogen) atoms. The number of methoxy groups -OCH3 is 1. The number of hydrogen-bond acceptors (Lipinski definition) is 6. The van der Waals surface area contributed by atoms with Crippen molar-refractivity contribution in [1.29, 1.82) is 0 Å². The third-order valence-electron chi connectivity index (χ3n) is 4.81. The van der Waals surface area contributed by atoms with E-state index in [0.717, 1.165) is 43.2 Å². The highest BCUT2D eigenvalue weighted by Crippen LogP contribution is 2.28. The van der Waals surface area contributed by atoms with E-state index in [1.165, 1.54) is 6.33 Å². The SMILES string of the molecule is COc1ccccc1N1CCN(C(=O)c2cc(NC3CC3)ncn2)CC1. The first-order chi connectivity index (χ1) is 12.7. The second-order valence-electron chi connectivity index (χ2n) is 6.66. The van der Waals surface area contributed by atoms with Gasteiger partial charge in [-0.15, -0.1) is 0 Å². The first-order valence-electron chi connectivity index (χ1n) is 9.00. The molecule has 1 aliphatic heterocycles. The van der Waals surface area contributed by atoms with Crippen molar-refractivity contribution in [1.82, 2.24) is 14.9 Å². The highest BCUT2D eigenvalue weighted by atomic mass is 16.5. The van der Waals surface area contributed by atoms with E-state index in [9.17, 15) is 4.79 Å². The van der Waals surface area contributed by atoms with Crippen LogP contribution in [-0.4, -0.2) is 60.1 Å². The predicted octanol–water partition coefficient (Wildman–Crippen LogP) is 2.02. The molecular formula is C19H23N5O2. The van der Waals surface area contributed by atoms with Gasteiger partial charge in [-0.1, -0.05) is 12.1 Å². The Hall–Kier alpha value is -2.83. The fourth-order valence-corrected chi connectivity index (χ4v) is 3.19. The summed E-state index contributed by atoms with van der Waals surface area (Å²) in [6, 6.07) is 10.2. The molecule has 1 aromatic heterocycles. The number of nitrogens with one attached hydrogen (secondary N) is 1. The van der Waals surface area contributed by atoms with Crippen LogP contribution in [0.2, 0.25) is 0 Å². The Labute approximate surface area is 153 Å². The summed E-state index contributed by atoms with van der Waals surface area (Å²) in [5.74, 6) is 1.56. The van der Waals surface area contributed by atoms with Crippen molar-refractivity contribution in [2.45, 2.75) is 18.9 Å². The molecule has 0 atom stereocenters. The van der Waals surface area contributed by atoms with Gasteiger partial charge in [-0.25, -0.2) is 9.97 Å². The van der Waals surface area contributed by atoms with Crippen molar-refractivity contribution in [2.75, 3.05) is 43.5 Å². The highest BCUT2D eigenvalue weighted by molar-refractivity contribution is 5.93. The molecule has 2 heterocycles. The van der Waals surface area contributed by atoms with Gasteiger partial charge in [-0.3, -0.25) is 4.79 Å². The van der Waals surface area contributed by atoms with E-state index in [1.54, 1.807) is 13.2 Å². The molecule has 0 spiro atoms. The Morgan fingerprint density at radius 3 is 2.65 bits per heavy atom. The monoisotopic (exact) mass is 353 g/mol. The van der Waals surface area contributed by atoms with Gasteiger partial charge in [0.05, 0.1) is 12.8 Å². The van der Waals surface area contributed by atoms with Crippen LogP contribution in [0.1, 0.15) is 23.3 Å². The smallest absolute Gasteiger partial charge is 0.272 e. The molecule has 0 unspecified atom stereocenters. The quantitative estimate of drug-likeness (QED) is 0.887. The van der Waals surface area contributed by atoms with E-state index in [2.05, 4.69) is 26.3 Å². The van der Waals surface area contributed by atoms with Gasteiger partial charge in [0.15, 0.2) is 0 Å². The summed E-state index contributed by atoms with van der Waals surface area (Å²) in [7, 11) is 1.68. The number of carbonyl (C=O) groups excluding carboxylic acids is 1. The van der Waals surface area contributed by atoms with Crippen molar-refractivity contribution < 1.29 is 9.53 Å². The molecule has 4 rings (SSSR count). The standard InChI is InChI=1S/C19H23N5O2/c1-26-17-5-3-2-4-16(17)23-8-10-24(11-9-23)19(25)15-12-18(21-13-20-15)22-14-6-7-14/h2-5,12-14H,6-11H2,1H3,(H,20,21,22). The Bertz CT molecular complexity index is 785. The minimum Gasteiger partial charge on any atom is -0.495 e. The van der Waals surface area contributed by atoms with E-state index in [1.807, 2.05) is 23.1 Å². The van der Waals surface area contributed by atoms with Crippen LogP contribution in [0, 0.1) is 0 Å². The van der Waals surface area contributed by atoms with Gasteiger partial charge in [0, 0.05) is 38.3 Å². The molecule has 7 heteroatoms. The molecule has 136 valence electrons. The first-order valence-corrected chi connectivity index (χ1v) is 9.00. The zero-order chi connectivity index (χ0) is 17.9. The minimum absolute atomic E-state index is 0.0362. The maximum Gasteiger partial charge on any atom is 0.272 e. The minimum atomic E-state index is -0.0362. The summed E-state index contributed by atoms with van der Waals surface area (Å²) >= 11 is 0. The van der Waals surface area contributed by atoms with Crippen LogP contribution in [-0.2, 0) is 0 Å². The number of hydrogen-bond donors (Lipinski definition) is 1. The second kappa shape index (κ2) is 7.19. The zero-order valence-corrected chi connectivity index (χ0v) is 14.9. The van der Waals surface area contributed by atoms with Crippen molar-refractivity contribution in [3.63, 3.8) is 0 Å². The van der Waals surface area contributed by atoms with Gasteiger partial charge in [0.2, 0.25) is 0 Å². The number of para-hydroxylation sites is 2. The number of nitrogens with zero attached hydrogens (tertiary/aromatic N) is 4. The molecule has 1 aromatic carbocycles. The molecule has 2 aromatic rings. The summed E-state index contributed by atoms with van der Waals surface area (Å²) in [4.78, 5) is 25.3. The fourth-order valence-electron chi connectivity index (χ4n) is 3.19. The lowest BCUT2D eigenvalue weighted by Crippen LogP contribution is -2.49. The number of rotatable bonds is 5. The van der Waals surface area contributed by atoms with E-state index < -0.39 is 0 Å². The van der Waals surface area contributed by atoms with Crippen LogP contribution < -0.4 is 15.0 Å². The van der Waals surface area contributed by atoms with Crippen LogP contribution in [0.25, 0.3) is 0 Å². The first kappa shape index (κ1) is 16.6. The number of amides is 1. The average Bonchev–Trinajstić information content (AvgIpc) is 3.52. The summed E-state index contributed by atoms with van der Waals surface area (Å²) in [5, 5.41) is 3.31. The molecule has 1 saturated heterocycles. The molecule has 1 aliphatic carbocycles. The van der Waals surface area contributed by atoms with Gasteiger partial charge in [-0.2, -0.15) is 0 Å². The zero-order valence-electron chi connectivity index (χ0n) is 14.9. The van der Waals surface area contributed by atoms with Gasteiger partial charge < -0.3 is 19.9 Å². The van der Waals surface area contributed by atoms with E-state index >= 15 is 0 Å². The summed E-state index contributed by atoms with van der Waals surface area (Å²) in [6.07, 6.45) is 3.79. The molecular weight excluding hydrogens is 330 g/mol. The fraction of sp³-hybridized carbons (Fsp3) is 0.421. The Balaban J connectivity index is 1.40. The van der Waals surface area contributed by atoms with Crippen LogP contribution in [0.15, 0.2) is 36.7 Å². The average molecular weight is 353 g/mol. The molecule has 1 saturated carbocycles. The number of aromatic nitrogens is 2. The third kappa shape index (κ3) is 3.56. The second-order valence-corrected chi connectivity index (χ2v) is 6.66. The number of ether oxygens (including phenoxy) is 1. The van der Waals surface area contributed by atoms with E-state index in [-0.39, 0.29) is 5.91 Å². The molecule has 2 aliphatic rings. The molecule has 1 amide bonds. The summed E-state index contributed by atoms with van der Waals surface area (Å²) in [6.45, 7) is 2.85. The van der Waals surface area contributed by atoms with Crippen molar-refractivity contribution >= 4 is 17.4 Å². The van der Waals surface area contributed by atoms with Gasteiger partial charge in [0.25, 0.3) is 5.91 Å². The van der Waals surface area contributed by atoms with E-state index in [4.69, 9.17) is 4.74 Å². The molecule has 0 radical (unpaired) electrons. The Kier molecular flexibility index (Phi) is 4.60. The third-order valence-corrected chi connectivity index (χ3v) is 4.81. The largest absolute Gasteiger partial charge is 0.495 e. The lowest BCUT2D eigenvalue weighted by atomic mass is 10.2. The van der Waals surface area contributed by atoms with Crippen LogP contribution in [0.5, 0.6) is 5.75 Å². The number of piperazine rings is 1. The maximum absolute atomic E-state index is 12.8. The highest BCUT2D eigenvalue weighted by Gasteiger charge is 2.26. The Morgan fingerprint density at radius 2 is 1.92 bits per heavy atom.